The van der Waals surface area contributed by atoms with Crippen LogP contribution < -0.4 is 0 Å². The molecule has 1 aromatic carbocycles. The average molecular weight is 365 g/mol. The molecule has 1 saturated heterocycles. The van der Waals surface area contributed by atoms with Gasteiger partial charge in [-0.1, -0.05) is 0 Å². The molecular weight excluding hydrogens is 342 g/mol. The van der Waals surface area contributed by atoms with Gasteiger partial charge in [-0.15, -0.1) is 0 Å². The number of aromatic amines is 1. The number of aromatic hydroxyl groups is 1. The summed E-state index contributed by atoms with van der Waals surface area (Å²) in [7, 11) is 4.10. The summed E-state index contributed by atoms with van der Waals surface area (Å²) in [6.07, 6.45) is 0.974. The Hall–Kier alpha value is -2.93. The van der Waals surface area contributed by atoms with E-state index in [4.69, 9.17) is 0 Å². The highest BCUT2D eigenvalue weighted by molar-refractivity contribution is 6.07. The summed E-state index contributed by atoms with van der Waals surface area (Å²) in [5, 5.41) is 17.5. The number of nitrogens with one attached hydrogen (secondary N) is 1. The predicted molar refractivity (Wildman–Crippen MR) is 104 cm³/mol. The lowest BCUT2D eigenvalue weighted by atomic mass is 10.0. The molecule has 0 radical (unpaired) electrons. The molecule has 2 aromatic heterocycles. The van der Waals surface area contributed by atoms with E-state index in [0.29, 0.717) is 22.9 Å². The molecule has 0 bridgehead atoms. The van der Waals surface area contributed by atoms with Crippen molar-refractivity contribution in [3.8, 4) is 17.0 Å². The van der Waals surface area contributed by atoms with Crippen LogP contribution in [0.15, 0.2) is 30.3 Å². The molecule has 4 rings (SSSR count). The second kappa shape index (κ2) is 6.66. The van der Waals surface area contributed by atoms with Gasteiger partial charge in [0.1, 0.15) is 5.75 Å². The maximum atomic E-state index is 13.3. The van der Waals surface area contributed by atoms with Crippen LogP contribution in [-0.2, 0) is 0 Å². The maximum absolute atomic E-state index is 13.3. The molecule has 0 saturated carbocycles. The Labute approximate surface area is 157 Å². The largest absolute Gasteiger partial charge is 0.508 e. The van der Waals surface area contributed by atoms with E-state index in [1.165, 1.54) is 0 Å². The Bertz CT molecular complexity index is 994. The molecule has 1 amide bonds. The monoisotopic (exact) mass is 365 g/mol. The third kappa shape index (κ3) is 3.14. The summed E-state index contributed by atoms with van der Waals surface area (Å²) in [4.78, 5) is 22.0. The van der Waals surface area contributed by atoms with Gasteiger partial charge in [-0.2, -0.15) is 5.10 Å². The number of carbonyl (C=O) groups excluding carboxylic acids is 1. The topological polar surface area (TPSA) is 85.3 Å². The number of hydrogen-bond acceptors (Lipinski definition) is 5. The summed E-state index contributed by atoms with van der Waals surface area (Å²) in [6.45, 7) is 3.35. The Balaban J connectivity index is 1.78. The van der Waals surface area contributed by atoms with Crippen molar-refractivity contribution in [1.82, 2.24) is 25.0 Å². The standard InChI is InChI=1S/C20H23N5O2/c1-12-18-16(20(27)25-9-8-14(11-25)24(2)3)10-17(21-19(18)23-22-12)13-4-6-15(26)7-5-13/h4-7,10,14,26H,8-9,11H2,1-3H3,(H,21,22,23)/t14-/m1/s1. The number of hydrogen-bond donors (Lipinski definition) is 2. The highest BCUT2D eigenvalue weighted by atomic mass is 16.3. The normalized spacial score (nSPS) is 17.2. The second-order valence-corrected chi connectivity index (χ2v) is 7.29. The number of H-pyrrole nitrogens is 1. The van der Waals surface area contributed by atoms with E-state index in [9.17, 15) is 9.90 Å². The fourth-order valence-corrected chi connectivity index (χ4v) is 3.65. The van der Waals surface area contributed by atoms with Crippen molar-refractivity contribution in [3.63, 3.8) is 0 Å². The number of amides is 1. The zero-order valence-electron chi connectivity index (χ0n) is 15.7. The highest BCUT2D eigenvalue weighted by Crippen LogP contribution is 2.28. The van der Waals surface area contributed by atoms with Crippen LogP contribution in [0.1, 0.15) is 22.5 Å². The summed E-state index contributed by atoms with van der Waals surface area (Å²) < 4.78 is 0. The summed E-state index contributed by atoms with van der Waals surface area (Å²) >= 11 is 0. The number of aromatic nitrogens is 3. The van der Waals surface area contributed by atoms with Crippen molar-refractivity contribution in [2.24, 2.45) is 0 Å². The Morgan fingerprint density at radius 3 is 2.70 bits per heavy atom. The zero-order chi connectivity index (χ0) is 19.1. The molecule has 1 fully saturated rings. The number of phenolic OH excluding ortho intramolecular Hbond substituents is 1. The van der Waals surface area contributed by atoms with E-state index in [2.05, 4.69) is 20.1 Å². The number of likely N-dealkylation sites (N-methyl/N-ethyl adjacent to an activating group) is 1. The van der Waals surface area contributed by atoms with E-state index < -0.39 is 0 Å². The molecule has 7 nitrogen and oxygen atoms in total. The minimum absolute atomic E-state index is 0.0104. The molecular formula is C20H23N5O2. The SMILES string of the molecule is Cc1n[nH]c2nc(-c3ccc(O)cc3)cc(C(=O)N3CC[C@@H](N(C)C)C3)c12. The van der Waals surface area contributed by atoms with Crippen LogP contribution in [0.4, 0.5) is 0 Å². The molecule has 0 aliphatic carbocycles. The quantitative estimate of drug-likeness (QED) is 0.744. The first-order valence-corrected chi connectivity index (χ1v) is 9.05. The van der Waals surface area contributed by atoms with Crippen LogP contribution in [0.5, 0.6) is 5.75 Å². The van der Waals surface area contributed by atoms with Gasteiger partial charge in [0.25, 0.3) is 5.91 Å². The highest BCUT2D eigenvalue weighted by Gasteiger charge is 2.30. The number of pyridine rings is 1. The molecule has 140 valence electrons. The van der Waals surface area contributed by atoms with Crippen molar-refractivity contribution in [2.75, 3.05) is 27.2 Å². The van der Waals surface area contributed by atoms with Gasteiger partial charge in [0.15, 0.2) is 5.65 Å². The summed E-state index contributed by atoms with van der Waals surface area (Å²) in [5.41, 5.74) is 3.50. The van der Waals surface area contributed by atoms with Gasteiger partial charge in [0, 0.05) is 24.7 Å². The molecule has 1 aliphatic rings. The molecule has 7 heteroatoms. The molecule has 0 unspecified atom stereocenters. The number of aryl methyl sites for hydroxylation is 1. The summed E-state index contributed by atoms with van der Waals surface area (Å²) in [6, 6.07) is 9.03. The average Bonchev–Trinajstić information content (AvgIpc) is 3.29. The number of fused-ring (bicyclic) bond motifs is 1. The van der Waals surface area contributed by atoms with Crippen LogP contribution in [0.3, 0.4) is 0 Å². The van der Waals surface area contributed by atoms with E-state index >= 15 is 0 Å². The third-order valence-electron chi connectivity index (χ3n) is 5.29. The fraction of sp³-hybridized carbons (Fsp3) is 0.350. The molecule has 27 heavy (non-hydrogen) atoms. The molecule has 1 atom stereocenters. The number of rotatable bonds is 3. The van der Waals surface area contributed by atoms with Crippen LogP contribution >= 0.6 is 0 Å². The summed E-state index contributed by atoms with van der Waals surface area (Å²) in [5.74, 6) is 0.205. The minimum atomic E-state index is 0.0104. The molecule has 3 aromatic rings. The third-order valence-corrected chi connectivity index (χ3v) is 5.29. The number of phenols is 1. The molecule has 1 aliphatic heterocycles. The first-order chi connectivity index (χ1) is 12.9. The van der Waals surface area contributed by atoms with Crippen molar-refractivity contribution < 1.29 is 9.90 Å². The predicted octanol–water partition coefficient (Wildman–Crippen LogP) is 2.42. The van der Waals surface area contributed by atoms with Crippen molar-refractivity contribution >= 4 is 16.9 Å². The van der Waals surface area contributed by atoms with E-state index in [0.717, 1.165) is 36.2 Å². The fourth-order valence-electron chi connectivity index (χ4n) is 3.65. The van der Waals surface area contributed by atoms with Gasteiger partial charge >= 0.3 is 0 Å². The first-order valence-electron chi connectivity index (χ1n) is 9.05. The Morgan fingerprint density at radius 2 is 2.04 bits per heavy atom. The van der Waals surface area contributed by atoms with Crippen molar-refractivity contribution in [3.05, 3.63) is 41.6 Å². The Kier molecular flexibility index (Phi) is 4.31. The van der Waals surface area contributed by atoms with E-state index in [1.807, 2.05) is 32.0 Å². The molecule has 2 N–H and O–H groups in total. The first kappa shape index (κ1) is 17.5. The zero-order valence-corrected chi connectivity index (χ0v) is 15.7. The maximum Gasteiger partial charge on any atom is 0.254 e. The van der Waals surface area contributed by atoms with Crippen molar-refractivity contribution in [1.29, 1.82) is 0 Å². The number of nitrogens with zero attached hydrogens (tertiary/aromatic N) is 4. The lowest BCUT2D eigenvalue weighted by molar-refractivity contribution is 0.0785. The van der Waals surface area contributed by atoms with Gasteiger partial charge in [-0.05, 0) is 57.8 Å². The molecule has 0 spiro atoms. The van der Waals surface area contributed by atoms with Gasteiger partial charge in [-0.25, -0.2) is 4.98 Å². The van der Waals surface area contributed by atoms with Crippen LogP contribution in [0.2, 0.25) is 0 Å². The number of likely N-dealkylation sites (tertiary alicyclic amines) is 1. The lowest BCUT2D eigenvalue weighted by Crippen LogP contribution is -2.34. The Morgan fingerprint density at radius 1 is 1.30 bits per heavy atom. The van der Waals surface area contributed by atoms with Gasteiger partial charge in [-0.3, -0.25) is 9.89 Å². The lowest BCUT2D eigenvalue weighted by Gasteiger charge is -2.21. The van der Waals surface area contributed by atoms with Gasteiger partial charge in [0.2, 0.25) is 0 Å². The number of benzene rings is 1. The van der Waals surface area contributed by atoms with Gasteiger partial charge in [0.05, 0.1) is 22.3 Å². The van der Waals surface area contributed by atoms with E-state index in [-0.39, 0.29) is 11.7 Å². The van der Waals surface area contributed by atoms with E-state index in [1.54, 1.807) is 24.3 Å². The van der Waals surface area contributed by atoms with Gasteiger partial charge < -0.3 is 14.9 Å². The molecule has 3 heterocycles. The minimum Gasteiger partial charge on any atom is -0.508 e. The van der Waals surface area contributed by atoms with Crippen molar-refractivity contribution in [2.45, 2.75) is 19.4 Å². The number of carbonyl (C=O) groups is 1. The van der Waals surface area contributed by atoms with Crippen LogP contribution in [0, 0.1) is 6.92 Å². The van der Waals surface area contributed by atoms with Crippen LogP contribution in [-0.4, -0.2) is 69.2 Å². The van der Waals surface area contributed by atoms with Crippen LogP contribution in [0.25, 0.3) is 22.3 Å². The smallest absolute Gasteiger partial charge is 0.254 e. The second-order valence-electron chi connectivity index (χ2n) is 7.29.